The van der Waals surface area contributed by atoms with Crippen molar-refractivity contribution >= 4 is 5.69 Å². The van der Waals surface area contributed by atoms with Gasteiger partial charge in [-0.3, -0.25) is 0 Å². The van der Waals surface area contributed by atoms with Crippen molar-refractivity contribution in [3.63, 3.8) is 0 Å². The first kappa shape index (κ1) is 12.0. The number of ether oxygens (including phenoxy) is 2. The highest BCUT2D eigenvalue weighted by Gasteiger charge is 2.11. The van der Waals surface area contributed by atoms with Crippen LogP contribution in [0.1, 0.15) is 13.3 Å². The van der Waals surface area contributed by atoms with Crippen LogP contribution in [0.15, 0.2) is 18.2 Å². The number of hydrogen-bond donors (Lipinski definition) is 2. The molecular formula is C13H20N2O2. The quantitative estimate of drug-likeness (QED) is 0.819. The molecule has 0 aromatic heterocycles. The van der Waals surface area contributed by atoms with Crippen molar-refractivity contribution in [2.45, 2.75) is 13.3 Å². The Balaban J connectivity index is 1.89. The molecule has 0 radical (unpaired) electrons. The van der Waals surface area contributed by atoms with Gasteiger partial charge < -0.3 is 20.5 Å². The lowest BCUT2D eigenvalue weighted by Gasteiger charge is -2.19. The van der Waals surface area contributed by atoms with E-state index in [4.69, 9.17) is 15.2 Å². The summed E-state index contributed by atoms with van der Waals surface area (Å²) in [4.78, 5) is 0. The number of nitrogens with two attached hydrogens (primary N) is 1. The van der Waals surface area contributed by atoms with E-state index < -0.39 is 0 Å². The molecule has 0 saturated heterocycles. The van der Waals surface area contributed by atoms with Crippen molar-refractivity contribution in [1.29, 1.82) is 0 Å². The number of nitrogens with one attached hydrogen (secondary N) is 1. The molecule has 17 heavy (non-hydrogen) atoms. The van der Waals surface area contributed by atoms with E-state index in [1.54, 1.807) is 0 Å². The van der Waals surface area contributed by atoms with E-state index >= 15 is 0 Å². The van der Waals surface area contributed by atoms with Gasteiger partial charge in [-0.25, -0.2) is 0 Å². The molecule has 1 aliphatic rings. The second-order valence-electron chi connectivity index (χ2n) is 4.41. The fraction of sp³-hybridized carbons (Fsp3) is 0.538. The SMILES string of the molecule is CC(CN)CCNc1ccc2c(c1)OCCO2. The minimum atomic E-state index is 0.555. The zero-order valence-corrected chi connectivity index (χ0v) is 10.2. The molecule has 1 aliphatic heterocycles. The van der Waals surface area contributed by atoms with Crippen LogP contribution in [0, 0.1) is 5.92 Å². The van der Waals surface area contributed by atoms with Crippen LogP contribution in [-0.4, -0.2) is 26.3 Å². The highest BCUT2D eigenvalue weighted by molar-refractivity contribution is 5.55. The van der Waals surface area contributed by atoms with E-state index in [9.17, 15) is 0 Å². The molecule has 1 aromatic rings. The van der Waals surface area contributed by atoms with Crippen molar-refractivity contribution in [2.75, 3.05) is 31.6 Å². The Kier molecular flexibility index (Phi) is 4.09. The second-order valence-corrected chi connectivity index (χ2v) is 4.41. The van der Waals surface area contributed by atoms with Gasteiger partial charge in [-0.2, -0.15) is 0 Å². The molecular weight excluding hydrogens is 216 g/mol. The van der Waals surface area contributed by atoms with Gasteiger partial charge in [-0.15, -0.1) is 0 Å². The first-order valence-electron chi connectivity index (χ1n) is 6.13. The lowest BCUT2D eigenvalue weighted by Crippen LogP contribution is -2.16. The van der Waals surface area contributed by atoms with Crippen LogP contribution in [0.2, 0.25) is 0 Å². The molecule has 94 valence electrons. The van der Waals surface area contributed by atoms with Gasteiger partial charge in [0.05, 0.1) is 0 Å². The Morgan fingerprint density at radius 3 is 2.82 bits per heavy atom. The molecule has 2 rings (SSSR count). The summed E-state index contributed by atoms with van der Waals surface area (Å²) < 4.78 is 11.0. The number of benzene rings is 1. The molecule has 4 nitrogen and oxygen atoms in total. The predicted octanol–water partition coefficient (Wildman–Crippen LogP) is 1.85. The Bertz CT molecular complexity index is 368. The van der Waals surface area contributed by atoms with Crippen LogP contribution in [0.4, 0.5) is 5.69 Å². The predicted molar refractivity (Wildman–Crippen MR) is 68.8 cm³/mol. The zero-order chi connectivity index (χ0) is 12.1. The first-order chi connectivity index (χ1) is 8.29. The second kappa shape index (κ2) is 5.77. The van der Waals surface area contributed by atoms with E-state index in [-0.39, 0.29) is 0 Å². The Morgan fingerprint density at radius 2 is 2.06 bits per heavy atom. The molecule has 1 unspecified atom stereocenters. The van der Waals surface area contributed by atoms with Gasteiger partial charge in [0.1, 0.15) is 13.2 Å². The van der Waals surface area contributed by atoms with Gasteiger partial charge in [0.15, 0.2) is 11.5 Å². The van der Waals surface area contributed by atoms with Gasteiger partial charge >= 0.3 is 0 Å². The molecule has 1 atom stereocenters. The molecule has 1 heterocycles. The third-order valence-corrected chi connectivity index (χ3v) is 2.91. The van der Waals surface area contributed by atoms with Crippen LogP contribution < -0.4 is 20.5 Å². The fourth-order valence-corrected chi connectivity index (χ4v) is 1.73. The summed E-state index contributed by atoms with van der Waals surface area (Å²) in [6.45, 7) is 5.08. The number of rotatable bonds is 5. The summed E-state index contributed by atoms with van der Waals surface area (Å²) in [7, 11) is 0. The van der Waals surface area contributed by atoms with Gasteiger partial charge in [-0.1, -0.05) is 6.92 Å². The lowest BCUT2D eigenvalue weighted by atomic mass is 10.1. The minimum Gasteiger partial charge on any atom is -0.486 e. The maximum Gasteiger partial charge on any atom is 0.163 e. The Morgan fingerprint density at radius 1 is 1.29 bits per heavy atom. The molecule has 0 bridgehead atoms. The van der Waals surface area contributed by atoms with E-state index in [1.807, 2.05) is 18.2 Å². The fourth-order valence-electron chi connectivity index (χ4n) is 1.73. The zero-order valence-electron chi connectivity index (χ0n) is 10.2. The van der Waals surface area contributed by atoms with Crippen molar-refractivity contribution in [3.8, 4) is 11.5 Å². The molecule has 0 amide bonds. The van der Waals surface area contributed by atoms with Crippen LogP contribution in [0.5, 0.6) is 11.5 Å². The third kappa shape index (κ3) is 3.27. The standard InChI is InChI=1S/C13H20N2O2/c1-10(9-14)4-5-15-11-2-3-12-13(8-11)17-7-6-16-12/h2-3,8,10,15H,4-7,9,14H2,1H3. The summed E-state index contributed by atoms with van der Waals surface area (Å²) >= 11 is 0. The normalized spacial score (nSPS) is 15.4. The van der Waals surface area contributed by atoms with Crippen molar-refractivity contribution in [2.24, 2.45) is 11.7 Å². The Labute approximate surface area is 102 Å². The smallest absolute Gasteiger partial charge is 0.163 e. The van der Waals surface area contributed by atoms with Gasteiger partial charge in [0, 0.05) is 18.3 Å². The lowest BCUT2D eigenvalue weighted by molar-refractivity contribution is 0.171. The number of anilines is 1. The van der Waals surface area contributed by atoms with Crippen molar-refractivity contribution in [3.05, 3.63) is 18.2 Å². The summed E-state index contributed by atoms with van der Waals surface area (Å²) in [5, 5.41) is 3.37. The van der Waals surface area contributed by atoms with Crippen LogP contribution in [-0.2, 0) is 0 Å². The average molecular weight is 236 g/mol. The van der Waals surface area contributed by atoms with Crippen LogP contribution in [0.3, 0.4) is 0 Å². The maximum absolute atomic E-state index is 5.58. The van der Waals surface area contributed by atoms with Gasteiger partial charge in [0.25, 0.3) is 0 Å². The topological polar surface area (TPSA) is 56.5 Å². The molecule has 0 spiro atoms. The summed E-state index contributed by atoms with van der Waals surface area (Å²) in [5.41, 5.74) is 6.65. The van der Waals surface area contributed by atoms with Crippen molar-refractivity contribution < 1.29 is 9.47 Å². The number of fused-ring (bicyclic) bond motifs is 1. The molecule has 0 saturated carbocycles. The molecule has 0 fully saturated rings. The molecule has 1 aromatic carbocycles. The molecule has 0 aliphatic carbocycles. The van der Waals surface area contributed by atoms with Gasteiger partial charge in [-0.05, 0) is 31.0 Å². The monoisotopic (exact) mass is 236 g/mol. The van der Waals surface area contributed by atoms with Crippen LogP contribution >= 0.6 is 0 Å². The largest absolute Gasteiger partial charge is 0.486 e. The summed E-state index contributed by atoms with van der Waals surface area (Å²) in [6, 6.07) is 5.95. The summed E-state index contributed by atoms with van der Waals surface area (Å²) in [6.07, 6.45) is 1.07. The van der Waals surface area contributed by atoms with Crippen molar-refractivity contribution in [1.82, 2.24) is 0 Å². The number of hydrogen-bond acceptors (Lipinski definition) is 4. The van der Waals surface area contributed by atoms with E-state index in [2.05, 4.69) is 12.2 Å². The minimum absolute atomic E-state index is 0.555. The first-order valence-corrected chi connectivity index (χ1v) is 6.13. The molecule has 4 heteroatoms. The average Bonchev–Trinajstić information content (AvgIpc) is 2.38. The Hall–Kier alpha value is -1.42. The molecule has 3 N–H and O–H groups in total. The highest BCUT2D eigenvalue weighted by Crippen LogP contribution is 2.32. The summed E-state index contributed by atoms with van der Waals surface area (Å²) in [5.74, 6) is 2.21. The van der Waals surface area contributed by atoms with E-state index in [0.29, 0.717) is 19.1 Å². The van der Waals surface area contributed by atoms with E-state index in [1.165, 1.54) is 0 Å². The van der Waals surface area contributed by atoms with E-state index in [0.717, 1.165) is 36.7 Å². The van der Waals surface area contributed by atoms with Gasteiger partial charge in [0.2, 0.25) is 0 Å². The highest BCUT2D eigenvalue weighted by atomic mass is 16.6. The maximum atomic E-state index is 5.58. The third-order valence-electron chi connectivity index (χ3n) is 2.91. The van der Waals surface area contributed by atoms with Crippen LogP contribution in [0.25, 0.3) is 0 Å².